The first-order chi connectivity index (χ1) is 7.59. The van der Waals surface area contributed by atoms with Crippen LogP contribution >= 0.6 is 0 Å². The summed E-state index contributed by atoms with van der Waals surface area (Å²) in [7, 11) is 0. The van der Waals surface area contributed by atoms with Gasteiger partial charge in [0.1, 0.15) is 5.92 Å². The Balaban J connectivity index is 2.52. The highest BCUT2D eigenvalue weighted by molar-refractivity contribution is 6.04. The van der Waals surface area contributed by atoms with Gasteiger partial charge in [0, 0.05) is 5.39 Å². The molecule has 0 saturated carbocycles. The summed E-state index contributed by atoms with van der Waals surface area (Å²) < 4.78 is 0. The third kappa shape index (κ3) is 1.60. The smallest absolute Gasteiger partial charge is 0.234 e. The number of fused-ring (bicyclic) bond motifs is 1. The molecule has 2 amide bonds. The van der Waals surface area contributed by atoms with Crippen molar-refractivity contribution in [1.29, 1.82) is 0 Å². The van der Waals surface area contributed by atoms with Crippen molar-refractivity contribution in [3.8, 4) is 0 Å². The van der Waals surface area contributed by atoms with Crippen LogP contribution in [0.5, 0.6) is 0 Å². The van der Waals surface area contributed by atoms with Gasteiger partial charge in [-0.1, -0.05) is 6.07 Å². The summed E-state index contributed by atoms with van der Waals surface area (Å²) in [5.74, 6) is -2.61. The monoisotopic (exact) mass is 218 g/mol. The molecule has 0 aliphatic carbocycles. The van der Waals surface area contributed by atoms with Gasteiger partial charge in [-0.25, -0.2) is 0 Å². The van der Waals surface area contributed by atoms with Crippen LogP contribution in [0, 0.1) is 0 Å². The van der Waals surface area contributed by atoms with Crippen LogP contribution in [0.2, 0.25) is 0 Å². The summed E-state index contributed by atoms with van der Waals surface area (Å²) in [5, 5.41) is 7.39. The van der Waals surface area contributed by atoms with E-state index in [1.807, 2.05) is 0 Å². The zero-order valence-electron chi connectivity index (χ0n) is 8.31. The maximum Gasteiger partial charge on any atom is 0.234 e. The van der Waals surface area contributed by atoms with Gasteiger partial charge in [0.05, 0.1) is 11.7 Å². The van der Waals surface area contributed by atoms with Gasteiger partial charge in [-0.3, -0.25) is 14.7 Å². The fourth-order valence-electron chi connectivity index (χ4n) is 1.61. The molecule has 0 spiro atoms. The Morgan fingerprint density at radius 3 is 2.56 bits per heavy atom. The second-order valence-electron chi connectivity index (χ2n) is 3.45. The lowest BCUT2D eigenvalue weighted by Gasteiger charge is -2.09. The largest absolute Gasteiger partial charge is 0.369 e. The van der Waals surface area contributed by atoms with Gasteiger partial charge in [-0.05, 0) is 17.7 Å². The predicted molar refractivity (Wildman–Crippen MR) is 57.2 cm³/mol. The Labute approximate surface area is 90.6 Å². The van der Waals surface area contributed by atoms with Gasteiger partial charge in [-0.15, -0.1) is 0 Å². The minimum absolute atomic E-state index is 0.480. The highest BCUT2D eigenvalue weighted by Gasteiger charge is 2.24. The van der Waals surface area contributed by atoms with Crippen LogP contribution in [-0.2, 0) is 9.59 Å². The van der Waals surface area contributed by atoms with E-state index in [-0.39, 0.29) is 0 Å². The van der Waals surface area contributed by atoms with Gasteiger partial charge in [0.15, 0.2) is 0 Å². The van der Waals surface area contributed by atoms with E-state index < -0.39 is 17.7 Å². The standard InChI is InChI=1S/C10H10N4O2/c11-9(15)8(10(12)16)5-1-2-7-6(3-5)4-13-14-7/h1-4,8H,(H2,11,15)(H2,12,16)(H,13,14). The molecule has 0 radical (unpaired) electrons. The quantitative estimate of drug-likeness (QED) is 0.609. The molecule has 0 saturated heterocycles. The lowest BCUT2D eigenvalue weighted by molar-refractivity contribution is -0.128. The van der Waals surface area contributed by atoms with Crippen molar-refractivity contribution in [2.75, 3.05) is 0 Å². The Morgan fingerprint density at radius 2 is 1.94 bits per heavy atom. The summed E-state index contributed by atoms with van der Waals surface area (Å²) in [5.41, 5.74) is 11.5. The SMILES string of the molecule is NC(=O)C(C(N)=O)c1ccc2[nH]ncc2c1. The number of nitrogens with one attached hydrogen (secondary N) is 1. The maximum absolute atomic E-state index is 11.1. The molecule has 6 nitrogen and oxygen atoms in total. The number of benzene rings is 1. The van der Waals surface area contributed by atoms with Crippen LogP contribution in [0.4, 0.5) is 0 Å². The molecular weight excluding hydrogens is 208 g/mol. The minimum Gasteiger partial charge on any atom is -0.369 e. The molecule has 16 heavy (non-hydrogen) atoms. The predicted octanol–water partition coefficient (Wildman–Crippen LogP) is -0.383. The molecule has 5 N–H and O–H groups in total. The van der Waals surface area contributed by atoms with E-state index in [2.05, 4.69) is 10.2 Å². The fourth-order valence-corrected chi connectivity index (χ4v) is 1.61. The Morgan fingerprint density at radius 1 is 1.25 bits per heavy atom. The molecule has 0 aliphatic rings. The van der Waals surface area contributed by atoms with Crippen LogP contribution in [0.25, 0.3) is 10.9 Å². The van der Waals surface area contributed by atoms with Gasteiger partial charge < -0.3 is 11.5 Å². The number of aromatic nitrogens is 2. The summed E-state index contributed by atoms with van der Waals surface area (Å²) >= 11 is 0. The first kappa shape index (κ1) is 10.2. The molecule has 0 unspecified atom stereocenters. The summed E-state index contributed by atoms with van der Waals surface area (Å²) in [4.78, 5) is 22.2. The number of H-pyrrole nitrogens is 1. The molecule has 0 atom stereocenters. The Hall–Kier alpha value is -2.37. The molecule has 0 aliphatic heterocycles. The van der Waals surface area contributed by atoms with Crippen LogP contribution in [0.15, 0.2) is 24.4 Å². The average Bonchev–Trinajstić information content (AvgIpc) is 2.63. The maximum atomic E-state index is 11.1. The molecule has 1 heterocycles. The average molecular weight is 218 g/mol. The highest BCUT2D eigenvalue weighted by Crippen LogP contribution is 2.20. The first-order valence-electron chi connectivity index (χ1n) is 4.61. The van der Waals surface area contributed by atoms with Gasteiger partial charge in [0.25, 0.3) is 0 Å². The van der Waals surface area contributed by atoms with Gasteiger partial charge in [0.2, 0.25) is 11.8 Å². The van der Waals surface area contributed by atoms with E-state index in [4.69, 9.17) is 11.5 Å². The molecule has 6 heteroatoms. The number of carbonyl (C=O) groups is 2. The Bertz CT molecular complexity index is 547. The van der Waals surface area contributed by atoms with Crippen molar-refractivity contribution in [2.24, 2.45) is 11.5 Å². The summed E-state index contributed by atoms with van der Waals surface area (Å²) in [6, 6.07) is 5.01. The number of nitrogens with two attached hydrogens (primary N) is 2. The van der Waals surface area contributed by atoms with E-state index in [0.717, 1.165) is 10.9 Å². The lowest BCUT2D eigenvalue weighted by atomic mass is 9.97. The zero-order valence-corrected chi connectivity index (χ0v) is 8.31. The van der Waals surface area contributed by atoms with Crippen LogP contribution < -0.4 is 11.5 Å². The number of aromatic amines is 1. The zero-order chi connectivity index (χ0) is 11.7. The summed E-state index contributed by atoms with van der Waals surface area (Å²) in [6.07, 6.45) is 1.60. The van der Waals surface area contributed by atoms with E-state index in [1.165, 1.54) is 0 Å². The third-order valence-electron chi connectivity index (χ3n) is 2.37. The van der Waals surface area contributed by atoms with Crippen molar-refractivity contribution in [3.63, 3.8) is 0 Å². The van der Waals surface area contributed by atoms with E-state index >= 15 is 0 Å². The Kier molecular flexibility index (Phi) is 2.32. The molecule has 2 aromatic rings. The molecule has 0 bridgehead atoms. The second-order valence-corrected chi connectivity index (χ2v) is 3.45. The second kappa shape index (κ2) is 3.65. The van der Waals surface area contributed by atoms with E-state index in [0.29, 0.717) is 5.56 Å². The number of hydrogen-bond acceptors (Lipinski definition) is 3. The normalized spacial score (nSPS) is 10.8. The van der Waals surface area contributed by atoms with E-state index in [9.17, 15) is 9.59 Å². The molecular formula is C10H10N4O2. The lowest BCUT2D eigenvalue weighted by Crippen LogP contribution is -2.32. The molecule has 1 aromatic carbocycles. The number of hydrogen-bond donors (Lipinski definition) is 3. The van der Waals surface area contributed by atoms with Crippen LogP contribution in [-0.4, -0.2) is 22.0 Å². The molecule has 1 aromatic heterocycles. The van der Waals surface area contributed by atoms with E-state index in [1.54, 1.807) is 24.4 Å². The van der Waals surface area contributed by atoms with Crippen molar-refractivity contribution < 1.29 is 9.59 Å². The highest BCUT2D eigenvalue weighted by atomic mass is 16.2. The first-order valence-corrected chi connectivity index (χ1v) is 4.61. The van der Waals surface area contributed by atoms with Crippen molar-refractivity contribution in [1.82, 2.24) is 10.2 Å². The van der Waals surface area contributed by atoms with Crippen LogP contribution in [0.1, 0.15) is 11.5 Å². The van der Waals surface area contributed by atoms with Gasteiger partial charge >= 0.3 is 0 Å². The van der Waals surface area contributed by atoms with Crippen molar-refractivity contribution in [3.05, 3.63) is 30.0 Å². The summed E-state index contributed by atoms with van der Waals surface area (Å²) in [6.45, 7) is 0. The minimum atomic E-state index is -1.10. The number of rotatable bonds is 3. The number of amides is 2. The van der Waals surface area contributed by atoms with Gasteiger partial charge in [-0.2, -0.15) is 5.10 Å². The van der Waals surface area contributed by atoms with Crippen molar-refractivity contribution >= 4 is 22.7 Å². The number of nitrogens with zero attached hydrogens (tertiary/aromatic N) is 1. The fraction of sp³-hybridized carbons (Fsp3) is 0.100. The molecule has 82 valence electrons. The number of primary amides is 2. The molecule has 0 fully saturated rings. The van der Waals surface area contributed by atoms with Crippen molar-refractivity contribution in [2.45, 2.75) is 5.92 Å². The topological polar surface area (TPSA) is 115 Å². The third-order valence-corrected chi connectivity index (χ3v) is 2.37. The van der Waals surface area contributed by atoms with Crippen LogP contribution in [0.3, 0.4) is 0 Å². The number of carbonyl (C=O) groups excluding carboxylic acids is 2. The molecule has 2 rings (SSSR count).